The Morgan fingerprint density at radius 3 is 1.97 bits per heavy atom. The normalized spacial score (nSPS) is 41.9. The van der Waals surface area contributed by atoms with E-state index in [-0.39, 0.29) is 41.0 Å². The number of esters is 6. The molecule has 4 aliphatic carbocycles. The quantitative estimate of drug-likeness (QED) is 0.185. The van der Waals surface area contributed by atoms with Gasteiger partial charge in [-0.1, -0.05) is 44.0 Å². The van der Waals surface area contributed by atoms with Gasteiger partial charge in [0, 0.05) is 60.6 Å². The van der Waals surface area contributed by atoms with Crippen molar-refractivity contribution in [3.63, 3.8) is 0 Å². The number of hydrogen-bond acceptors (Lipinski definition) is 17. The smallest absolute Gasteiger partial charge is 0.338 e. The Hall–Kier alpha value is -5.04. The van der Waals surface area contributed by atoms with E-state index in [1.165, 1.54) is 74.0 Å². The Balaban J connectivity index is 1.35. The van der Waals surface area contributed by atoms with Crippen LogP contribution in [0.3, 0.4) is 0 Å². The van der Waals surface area contributed by atoms with Crippen molar-refractivity contribution in [1.29, 1.82) is 0 Å². The molecule has 17 nitrogen and oxygen atoms in total. The van der Waals surface area contributed by atoms with Gasteiger partial charge >= 0.3 is 35.8 Å². The third-order valence-corrected chi connectivity index (χ3v) is 17.0. The second-order valence-corrected chi connectivity index (χ2v) is 20.4. The van der Waals surface area contributed by atoms with E-state index in [9.17, 15) is 33.9 Å². The van der Waals surface area contributed by atoms with E-state index >= 15 is 5.11 Å². The van der Waals surface area contributed by atoms with E-state index in [2.05, 4.69) is 0 Å². The molecule has 4 saturated carbocycles. The minimum Gasteiger partial charge on any atom is -0.472 e. The van der Waals surface area contributed by atoms with Crippen LogP contribution in [0.1, 0.15) is 99.6 Å². The molecule has 7 fully saturated rings. The fourth-order valence-electron chi connectivity index (χ4n) is 14.4. The molecule has 4 heterocycles. The highest BCUT2D eigenvalue weighted by Crippen LogP contribution is 2.88. The van der Waals surface area contributed by atoms with Gasteiger partial charge in [-0.2, -0.15) is 0 Å². The summed E-state index contributed by atoms with van der Waals surface area (Å²) in [4.78, 5) is 84.3. The lowest BCUT2D eigenvalue weighted by atomic mass is 9.32. The summed E-state index contributed by atoms with van der Waals surface area (Å²) >= 11 is 12.5. The van der Waals surface area contributed by atoms with Gasteiger partial charge < -0.3 is 52.5 Å². The van der Waals surface area contributed by atoms with Gasteiger partial charge in [-0.25, -0.2) is 9.59 Å². The van der Waals surface area contributed by atoms with Crippen LogP contribution in [-0.2, 0) is 57.1 Å². The summed E-state index contributed by atoms with van der Waals surface area (Å²) in [5, 5.41) is 29.9. The summed E-state index contributed by atoms with van der Waals surface area (Å²) in [6.07, 6.45) is -7.22. The molecule has 2 N–H and O–H groups in total. The Bertz CT molecular complexity index is 2610. The van der Waals surface area contributed by atoms with Crippen molar-refractivity contribution >= 4 is 59.0 Å². The van der Waals surface area contributed by atoms with Gasteiger partial charge in [0.15, 0.2) is 24.1 Å². The van der Waals surface area contributed by atoms with E-state index in [4.69, 9.17) is 65.5 Å². The molecule has 67 heavy (non-hydrogen) atoms. The number of aliphatic hydroxyl groups is 2. The number of rotatable bonds is 10. The van der Waals surface area contributed by atoms with Crippen molar-refractivity contribution in [1.82, 2.24) is 0 Å². The fourth-order valence-corrected chi connectivity index (χ4v) is 14.7. The summed E-state index contributed by atoms with van der Waals surface area (Å²) in [6, 6.07) is 12.9. The molecule has 2 spiro atoms. The third kappa shape index (κ3) is 5.52. The van der Waals surface area contributed by atoms with Crippen LogP contribution < -0.4 is 0 Å². The lowest BCUT2D eigenvalue weighted by molar-refractivity contribution is -0.448. The van der Waals surface area contributed by atoms with Crippen molar-refractivity contribution in [3.05, 3.63) is 93.9 Å². The topological polar surface area (TPSA) is 230 Å². The Labute approximate surface area is 393 Å². The number of furan rings is 1. The first-order valence-electron chi connectivity index (χ1n) is 22.0. The molecule has 1 aromatic heterocycles. The molecule has 3 aromatic rings. The molecule has 0 amide bonds. The van der Waals surface area contributed by atoms with E-state index in [0.717, 1.165) is 13.8 Å². The molecule has 356 valence electrons. The molecule has 10 rings (SSSR count). The predicted octanol–water partition coefficient (Wildman–Crippen LogP) is 5.62. The van der Waals surface area contributed by atoms with Gasteiger partial charge in [0.1, 0.15) is 35.6 Å². The molecule has 7 aliphatic rings. The number of fused-ring (bicyclic) bond motifs is 4. The van der Waals surface area contributed by atoms with Gasteiger partial charge in [-0.3, -0.25) is 19.2 Å². The monoisotopic (exact) mass is 966 g/mol. The predicted molar refractivity (Wildman–Crippen MR) is 227 cm³/mol. The van der Waals surface area contributed by atoms with Gasteiger partial charge in [0.25, 0.3) is 0 Å². The van der Waals surface area contributed by atoms with Crippen LogP contribution in [0.4, 0.5) is 0 Å². The van der Waals surface area contributed by atoms with Crippen LogP contribution in [0.2, 0.25) is 10.0 Å². The molecular weight excluding hydrogens is 919 g/mol. The average molecular weight is 968 g/mol. The molecule has 3 aliphatic heterocycles. The summed E-state index contributed by atoms with van der Waals surface area (Å²) in [7, 11) is 0. The Kier molecular flexibility index (Phi) is 10.1. The van der Waals surface area contributed by atoms with Crippen LogP contribution in [0.15, 0.2) is 71.5 Å². The van der Waals surface area contributed by atoms with E-state index in [1.54, 1.807) is 20.8 Å². The Morgan fingerprint density at radius 2 is 1.43 bits per heavy atom. The number of benzene rings is 2. The SMILES string of the molecule is CC[C@@]12C[C@@H]3[C@](C)([C@@H](OC(C)=O)c4ccoc4)[C@@H](OC(=O)c4ccc(Cl)cc4)[C@@H](OC(=O)c4ccc(Cl)cc4)[C@@]4(O)[C@]3(O1)[C@H](O2)[C@@]1(OC(C)=O)[C@@H](OC(C)=O)[C@@]2(C)C[C@@]1(O)[C@]41COC(=O)C[C@@H]21. The number of ether oxygens (including phenoxy) is 8. The van der Waals surface area contributed by atoms with Gasteiger partial charge in [-0.05, 0) is 73.4 Å². The summed E-state index contributed by atoms with van der Waals surface area (Å²) in [5.74, 6) is -9.59. The highest BCUT2D eigenvalue weighted by atomic mass is 35.5. The van der Waals surface area contributed by atoms with E-state index < -0.39 is 136 Å². The van der Waals surface area contributed by atoms with Crippen LogP contribution in [0, 0.1) is 28.1 Å². The lowest BCUT2D eigenvalue weighted by Crippen LogP contribution is -2.98. The summed E-state index contributed by atoms with van der Waals surface area (Å²) in [5.41, 5.74) is -15.9. The maximum Gasteiger partial charge on any atom is 0.338 e. The minimum absolute atomic E-state index is 0.0139. The van der Waals surface area contributed by atoms with Crippen LogP contribution in [0.25, 0.3) is 0 Å². The molecule has 4 bridgehead atoms. The zero-order valence-electron chi connectivity index (χ0n) is 37.2. The van der Waals surface area contributed by atoms with Crippen LogP contribution >= 0.6 is 23.2 Å². The summed E-state index contributed by atoms with van der Waals surface area (Å²) < 4.78 is 58.3. The minimum atomic E-state index is -2.89. The maximum atomic E-state index is 15.1. The number of halogens is 2. The van der Waals surface area contributed by atoms with Gasteiger partial charge in [-0.15, -0.1) is 0 Å². The molecule has 0 radical (unpaired) electrons. The average Bonchev–Trinajstić information content (AvgIpc) is 4.08. The Morgan fingerprint density at radius 1 is 0.821 bits per heavy atom. The highest BCUT2D eigenvalue weighted by Gasteiger charge is 3.05. The van der Waals surface area contributed by atoms with Crippen molar-refractivity contribution in [2.24, 2.45) is 28.1 Å². The molecule has 15 atom stereocenters. The second-order valence-electron chi connectivity index (χ2n) is 19.6. The first kappa shape index (κ1) is 45.7. The van der Waals surface area contributed by atoms with Crippen LogP contribution in [-0.4, -0.2) is 105 Å². The van der Waals surface area contributed by atoms with Gasteiger partial charge in [0.2, 0.25) is 5.60 Å². The molecule has 19 heteroatoms. The fraction of sp³-hybridized carbons (Fsp3) is 0.542. The van der Waals surface area contributed by atoms with Crippen molar-refractivity contribution in [2.75, 3.05) is 6.61 Å². The highest BCUT2D eigenvalue weighted by molar-refractivity contribution is 6.31. The second kappa shape index (κ2) is 14.7. The molecule has 0 unspecified atom stereocenters. The number of hydrogen-bond donors (Lipinski definition) is 2. The van der Waals surface area contributed by atoms with E-state index in [1.807, 2.05) is 0 Å². The maximum absolute atomic E-state index is 15.1. The van der Waals surface area contributed by atoms with Gasteiger partial charge in [0.05, 0.1) is 34.5 Å². The molecule has 2 aromatic carbocycles. The zero-order valence-corrected chi connectivity index (χ0v) is 38.7. The number of cyclic esters (lactones) is 1. The largest absolute Gasteiger partial charge is 0.472 e. The van der Waals surface area contributed by atoms with Crippen LogP contribution in [0.5, 0.6) is 0 Å². The van der Waals surface area contributed by atoms with Crippen molar-refractivity contribution in [3.8, 4) is 0 Å². The standard InChI is InChI=1S/C48H48Cl2O17/c1-7-43-19-32-42(6,34(61-23(2)51)28-16-17-59-20-28)35(63-37(55)26-8-12-29(49)13-9-26)36(64-38(56)27-10-14-30(50)15-11-27)48(58)44-22-60-33(54)18-31(44)41(5)21-45(44,57)47(65-25(4)53,39(41)62-24(3)52)40(66-43)46(32,48)67-43/h8-17,20,31-32,34-36,39-40,57-58H,7,18-19,21-22H2,1-6H3/t31-,32+,34-,35-,36+,39-,40-,41-,42+,43-,44+,45+,46+,47-,48-/m0/s1. The number of carbonyl (C=O) groups is 6. The van der Waals surface area contributed by atoms with Crippen molar-refractivity contribution in [2.45, 2.75) is 126 Å². The summed E-state index contributed by atoms with van der Waals surface area (Å²) in [6.45, 7) is 7.64. The van der Waals surface area contributed by atoms with Crippen molar-refractivity contribution < 1.29 is 81.3 Å². The number of carbonyl (C=O) groups excluding carboxylic acids is 6. The molecule has 3 saturated heterocycles. The zero-order chi connectivity index (χ0) is 48.1. The molecular formula is C48H48Cl2O17. The first-order valence-corrected chi connectivity index (χ1v) is 22.8. The lowest BCUT2D eigenvalue weighted by Gasteiger charge is -2.77. The first-order chi connectivity index (χ1) is 31.5. The van der Waals surface area contributed by atoms with E-state index in [0.29, 0.717) is 5.02 Å². The third-order valence-electron chi connectivity index (χ3n) is 16.5.